The molecule has 0 fully saturated rings. The summed E-state index contributed by atoms with van der Waals surface area (Å²) in [6.07, 6.45) is 0.977. The molecule has 0 aliphatic carbocycles. The summed E-state index contributed by atoms with van der Waals surface area (Å²) in [7, 11) is 0. The lowest BCUT2D eigenvalue weighted by Gasteiger charge is -2.36. The quantitative estimate of drug-likeness (QED) is 0.760. The van der Waals surface area contributed by atoms with Crippen LogP contribution < -0.4 is 4.90 Å². The van der Waals surface area contributed by atoms with Crippen molar-refractivity contribution in [1.82, 2.24) is 0 Å². The highest BCUT2D eigenvalue weighted by Gasteiger charge is 2.27. The Morgan fingerprint density at radius 2 is 2.19 bits per heavy atom. The molecule has 1 atom stereocenters. The number of benzene rings is 1. The summed E-state index contributed by atoms with van der Waals surface area (Å²) in [6.45, 7) is 6.25. The molecule has 1 aliphatic heterocycles. The van der Waals surface area contributed by atoms with Crippen LogP contribution in [-0.2, 0) is 6.42 Å². The van der Waals surface area contributed by atoms with Gasteiger partial charge in [-0.3, -0.25) is 4.79 Å². The van der Waals surface area contributed by atoms with Crippen LogP contribution in [0.4, 0.5) is 10.1 Å². The number of fused-ring (bicyclic) bond motifs is 1. The number of carbonyl (C=O) groups is 1. The summed E-state index contributed by atoms with van der Waals surface area (Å²) in [5.74, 6) is -0.406. The third-order valence-corrected chi connectivity index (χ3v) is 5.24. The zero-order valence-corrected chi connectivity index (χ0v) is 13.3. The van der Waals surface area contributed by atoms with Gasteiger partial charge in [0.1, 0.15) is 5.82 Å². The minimum atomic E-state index is -0.315. The summed E-state index contributed by atoms with van der Waals surface area (Å²) in [4.78, 5) is 15.5. The number of aryl methyl sites for hydroxylation is 1. The molecule has 0 bridgehead atoms. The summed E-state index contributed by atoms with van der Waals surface area (Å²) in [5, 5.41) is 2.12. The predicted octanol–water partition coefficient (Wildman–Crippen LogP) is 4.52. The smallest absolute Gasteiger partial charge is 0.161 e. The number of nitrogens with zero attached hydrogens (tertiary/aromatic N) is 1. The van der Waals surface area contributed by atoms with Crippen LogP contribution in [0, 0.1) is 12.7 Å². The van der Waals surface area contributed by atoms with Gasteiger partial charge in [0.25, 0.3) is 0 Å². The van der Waals surface area contributed by atoms with Crippen LogP contribution in [0.3, 0.4) is 0 Å². The molecule has 0 radical (unpaired) electrons. The largest absolute Gasteiger partial charge is 0.364 e. The first-order valence-electron chi connectivity index (χ1n) is 7.13. The average molecular weight is 303 g/mol. The maximum Gasteiger partial charge on any atom is 0.161 e. The molecule has 0 saturated carbocycles. The second-order valence-corrected chi connectivity index (χ2v) is 6.59. The Kier molecular flexibility index (Phi) is 3.57. The van der Waals surface area contributed by atoms with Gasteiger partial charge in [0.05, 0.1) is 6.04 Å². The number of carbonyl (C=O) groups excluding carboxylic acids is 1. The molecule has 0 spiro atoms. The molecule has 21 heavy (non-hydrogen) atoms. The Morgan fingerprint density at radius 1 is 1.43 bits per heavy atom. The zero-order valence-electron chi connectivity index (χ0n) is 12.4. The second kappa shape index (κ2) is 5.26. The van der Waals surface area contributed by atoms with E-state index in [0.717, 1.165) is 18.7 Å². The fraction of sp³-hybridized carbons (Fsp3) is 0.353. The van der Waals surface area contributed by atoms with Crippen LogP contribution in [0.2, 0.25) is 0 Å². The van der Waals surface area contributed by atoms with Crippen LogP contribution in [0.15, 0.2) is 23.6 Å². The molecule has 1 aromatic carbocycles. The van der Waals surface area contributed by atoms with Crippen molar-refractivity contribution in [3.8, 4) is 0 Å². The van der Waals surface area contributed by atoms with E-state index in [4.69, 9.17) is 0 Å². The highest BCUT2D eigenvalue weighted by molar-refractivity contribution is 7.10. The number of anilines is 1. The van der Waals surface area contributed by atoms with Crippen LogP contribution >= 0.6 is 11.3 Å². The van der Waals surface area contributed by atoms with Gasteiger partial charge in [-0.05, 0) is 61.9 Å². The van der Waals surface area contributed by atoms with Crippen molar-refractivity contribution in [2.75, 3.05) is 11.4 Å². The van der Waals surface area contributed by atoms with E-state index in [1.807, 2.05) is 0 Å². The van der Waals surface area contributed by atoms with Gasteiger partial charge in [-0.2, -0.15) is 0 Å². The van der Waals surface area contributed by atoms with Gasteiger partial charge in [-0.25, -0.2) is 4.39 Å². The van der Waals surface area contributed by atoms with E-state index >= 15 is 0 Å². The van der Waals surface area contributed by atoms with Crippen molar-refractivity contribution in [3.05, 3.63) is 51.0 Å². The standard InChI is InChI=1S/C17H18FNOS/c1-10-8-16(14(12(3)20)9-15(10)18)19-6-4-17-13(11(19)2)5-7-21-17/h5,7-9,11H,4,6H2,1-3H3. The minimum absolute atomic E-state index is 0.0905. The Morgan fingerprint density at radius 3 is 2.90 bits per heavy atom. The summed E-state index contributed by atoms with van der Waals surface area (Å²) < 4.78 is 13.8. The van der Waals surface area contributed by atoms with Gasteiger partial charge < -0.3 is 4.90 Å². The Hall–Kier alpha value is -1.68. The lowest BCUT2D eigenvalue weighted by Crippen LogP contribution is -2.34. The highest BCUT2D eigenvalue weighted by Crippen LogP contribution is 2.38. The molecule has 0 amide bonds. The van der Waals surface area contributed by atoms with Crippen molar-refractivity contribution >= 4 is 22.8 Å². The van der Waals surface area contributed by atoms with Crippen LogP contribution in [0.5, 0.6) is 0 Å². The molecular weight excluding hydrogens is 285 g/mol. The summed E-state index contributed by atoms with van der Waals surface area (Å²) >= 11 is 1.79. The third kappa shape index (κ3) is 2.38. The molecule has 3 rings (SSSR count). The molecule has 1 aliphatic rings. The van der Waals surface area contributed by atoms with E-state index < -0.39 is 0 Å². The molecule has 110 valence electrons. The third-order valence-electron chi connectivity index (χ3n) is 4.24. The Balaban J connectivity index is 2.09. The van der Waals surface area contributed by atoms with Crippen LogP contribution in [-0.4, -0.2) is 12.3 Å². The van der Waals surface area contributed by atoms with Gasteiger partial charge in [0.15, 0.2) is 5.78 Å². The van der Waals surface area contributed by atoms with E-state index in [-0.39, 0.29) is 17.6 Å². The maximum absolute atomic E-state index is 13.8. The summed E-state index contributed by atoms with van der Waals surface area (Å²) in [6, 6.07) is 5.55. The Bertz CT molecular complexity index is 707. The molecule has 1 aromatic heterocycles. The molecule has 2 nitrogen and oxygen atoms in total. The lowest BCUT2D eigenvalue weighted by molar-refractivity contribution is 0.101. The maximum atomic E-state index is 13.8. The van der Waals surface area contributed by atoms with Crippen LogP contribution in [0.1, 0.15) is 46.3 Å². The second-order valence-electron chi connectivity index (χ2n) is 5.59. The molecule has 2 aromatic rings. The van der Waals surface area contributed by atoms with Crippen molar-refractivity contribution < 1.29 is 9.18 Å². The minimum Gasteiger partial charge on any atom is -0.364 e. The van der Waals surface area contributed by atoms with Crippen LogP contribution in [0.25, 0.3) is 0 Å². The first-order valence-corrected chi connectivity index (χ1v) is 8.01. The van der Waals surface area contributed by atoms with Gasteiger partial charge in [-0.1, -0.05) is 0 Å². The number of hydrogen-bond donors (Lipinski definition) is 0. The first kappa shape index (κ1) is 14.3. The van der Waals surface area contributed by atoms with E-state index in [0.29, 0.717) is 11.1 Å². The number of rotatable bonds is 2. The topological polar surface area (TPSA) is 20.3 Å². The zero-order chi connectivity index (χ0) is 15.1. The van der Waals surface area contributed by atoms with E-state index in [2.05, 4.69) is 23.3 Å². The van der Waals surface area contributed by atoms with E-state index in [1.54, 1.807) is 24.3 Å². The fourth-order valence-corrected chi connectivity index (χ4v) is 3.99. The predicted molar refractivity (Wildman–Crippen MR) is 84.9 cm³/mol. The monoisotopic (exact) mass is 303 g/mol. The molecule has 2 heterocycles. The first-order chi connectivity index (χ1) is 9.99. The van der Waals surface area contributed by atoms with Gasteiger partial charge in [0, 0.05) is 22.7 Å². The SMILES string of the molecule is CC(=O)c1cc(F)c(C)cc1N1CCc2sccc2C1C. The number of thiophene rings is 1. The van der Waals surface area contributed by atoms with E-state index in [1.165, 1.54) is 23.4 Å². The van der Waals surface area contributed by atoms with E-state index in [9.17, 15) is 9.18 Å². The average Bonchev–Trinajstić information content (AvgIpc) is 2.91. The lowest BCUT2D eigenvalue weighted by atomic mass is 9.97. The number of halogens is 1. The van der Waals surface area contributed by atoms with Crippen molar-refractivity contribution in [2.45, 2.75) is 33.2 Å². The van der Waals surface area contributed by atoms with Gasteiger partial charge >= 0.3 is 0 Å². The normalized spacial score (nSPS) is 17.7. The van der Waals surface area contributed by atoms with Crippen molar-refractivity contribution in [1.29, 1.82) is 0 Å². The molecule has 0 N–H and O–H groups in total. The summed E-state index contributed by atoms with van der Waals surface area (Å²) in [5.41, 5.74) is 3.23. The molecule has 0 saturated heterocycles. The molecule has 4 heteroatoms. The van der Waals surface area contributed by atoms with Gasteiger partial charge in [0.2, 0.25) is 0 Å². The number of hydrogen-bond acceptors (Lipinski definition) is 3. The van der Waals surface area contributed by atoms with Gasteiger partial charge in [-0.15, -0.1) is 11.3 Å². The highest BCUT2D eigenvalue weighted by atomic mass is 32.1. The Labute approximate surface area is 128 Å². The molecular formula is C17H18FNOS. The van der Waals surface area contributed by atoms with Crippen molar-refractivity contribution in [3.63, 3.8) is 0 Å². The van der Waals surface area contributed by atoms with Crippen molar-refractivity contribution in [2.24, 2.45) is 0 Å². The fourth-order valence-electron chi connectivity index (χ4n) is 3.02. The number of Topliss-reactive ketones (excluding diaryl/α,β-unsaturated/α-hetero) is 1. The number of ketones is 1. The molecule has 1 unspecified atom stereocenters.